The largest absolute Gasteiger partial charge is 0.507 e. The summed E-state index contributed by atoms with van der Waals surface area (Å²) in [5, 5.41) is 20.4. The third kappa shape index (κ3) is 4.49. The monoisotopic (exact) mass is 426 g/mol. The number of benzene rings is 3. The fourth-order valence-electron chi connectivity index (χ4n) is 3.88. The lowest BCUT2D eigenvalue weighted by molar-refractivity contribution is 0.100. The normalized spacial score (nSPS) is 10.8. The Morgan fingerprint density at radius 3 is 2.22 bits per heavy atom. The topological polar surface area (TPSA) is 104 Å². The lowest BCUT2D eigenvalue weighted by Gasteiger charge is -2.10. The second-order valence-corrected chi connectivity index (χ2v) is 7.96. The molecule has 5 N–H and O–H groups in total. The van der Waals surface area contributed by atoms with Gasteiger partial charge >= 0.3 is 0 Å². The maximum atomic E-state index is 12.2. The minimum absolute atomic E-state index is 0.298. The number of aromatic nitrogens is 2. The molecule has 162 valence electrons. The van der Waals surface area contributed by atoms with Crippen molar-refractivity contribution < 1.29 is 9.90 Å². The molecule has 1 aromatic heterocycles. The number of anilines is 1. The molecule has 1 heterocycles. The molecule has 0 aliphatic rings. The third-order valence-corrected chi connectivity index (χ3v) is 5.54. The Bertz CT molecular complexity index is 1220. The van der Waals surface area contributed by atoms with Crippen LogP contribution in [-0.2, 0) is 13.0 Å². The van der Waals surface area contributed by atoms with Crippen molar-refractivity contribution in [3.63, 3.8) is 0 Å². The number of amides is 1. The molecule has 0 radical (unpaired) electrons. The van der Waals surface area contributed by atoms with Crippen LogP contribution in [0.3, 0.4) is 0 Å². The summed E-state index contributed by atoms with van der Waals surface area (Å²) in [6.45, 7) is 4.17. The van der Waals surface area contributed by atoms with Gasteiger partial charge in [-0.05, 0) is 47.2 Å². The van der Waals surface area contributed by atoms with Crippen LogP contribution in [0, 0.1) is 13.8 Å². The zero-order valence-corrected chi connectivity index (χ0v) is 18.1. The summed E-state index contributed by atoms with van der Waals surface area (Å²) in [6.07, 6.45) is 0.513. The second-order valence-electron chi connectivity index (χ2n) is 7.96. The van der Waals surface area contributed by atoms with Gasteiger partial charge < -0.3 is 16.2 Å². The van der Waals surface area contributed by atoms with Gasteiger partial charge in [-0.2, -0.15) is 5.10 Å². The summed E-state index contributed by atoms with van der Waals surface area (Å²) in [5.41, 5.74) is 12.6. The first kappa shape index (κ1) is 21.2. The molecule has 6 heteroatoms. The van der Waals surface area contributed by atoms with Gasteiger partial charge in [0.25, 0.3) is 5.91 Å². The van der Waals surface area contributed by atoms with Crippen molar-refractivity contribution in [1.82, 2.24) is 10.2 Å². The molecule has 0 fully saturated rings. The Morgan fingerprint density at radius 1 is 0.969 bits per heavy atom. The maximum absolute atomic E-state index is 12.2. The number of rotatable bonds is 7. The minimum atomic E-state index is -0.532. The van der Waals surface area contributed by atoms with Gasteiger partial charge in [0.2, 0.25) is 0 Å². The van der Waals surface area contributed by atoms with E-state index in [1.54, 1.807) is 0 Å². The van der Waals surface area contributed by atoms with Crippen LogP contribution in [0.4, 0.5) is 5.82 Å². The molecule has 0 aliphatic carbocycles. The van der Waals surface area contributed by atoms with E-state index < -0.39 is 5.91 Å². The first-order valence-electron chi connectivity index (χ1n) is 10.5. The van der Waals surface area contributed by atoms with E-state index >= 15 is 0 Å². The zero-order chi connectivity index (χ0) is 22.7. The average molecular weight is 427 g/mol. The number of primary amides is 1. The van der Waals surface area contributed by atoms with Gasteiger partial charge in [-0.1, -0.05) is 66.7 Å². The van der Waals surface area contributed by atoms with E-state index in [2.05, 4.69) is 39.8 Å². The van der Waals surface area contributed by atoms with Crippen LogP contribution in [0.2, 0.25) is 0 Å². The number of hydrogen-bond donors (Lipinski definition) is 4. The van der Waals surface area contributed by atoms with E-state index in [-0.39, 0.29) is 0 Å². The molecule has 0 aliphatic heterocycles. The highest BCUT2D eigenvalue weighted by Gasteiger charge is 2.18. The van der Waals surface area contributed by atoms with Crippen LogP contribution < -0.4 is 11.1 Å². The molecule has 1 amide bonds. The number of phenols is 1. The SMILES string of the molecule is Cc1cc(CNc2n[nH]c(Cc3ccc(-c4ccccc4)cc3)c2C(N)=O)cc(C)c1O. The van der Waals surface area contributed by atoms with Gasteiger partial charge in [-0.15, -0.1) is 0 Å². The molecule has 6 nitrogen and oxygen atoms in total. The second kappa shape index (κ2) is 8.98. The number of nitrogens with two attached hydrogens (primary N) is 1. The van der Waals surface area contributed by atoms with Crippen molar-refractivity contribution in [3.8, 4) is 16.9 Å². The molecule has 3 aromatic carbocycles. The van der Waals surface area contributed by atoms with E-state index in [1.807, 2.05) is 56.3 Å². The molecule has 0 atom stereocenters. The van der Waals surface area contributed by atoms with Crippen LogP contribution in [0.1, 0.15) is 38.3 Å². The number of hydrogen-bond acceptors (Lipinski definition) is 4. The summed E-state index contributed by atoms with van der Waals surface area (Å²) < 4.78 is 0. The molecule has 0 saturated heterocycles. The van der Waals surface area contributed by atoms with Crippen molar-refractivity contribution >= 4 is 11.7 Å². The predicted molar refractivity (Wildman–Crippen MR) is 127 cm³/mol. The van der Waals surface area contributed by atoms with Gasteiger partial charge in [0.05, 0.1) is 5.69 Å². The standard InChI is InChI=1S/C26H26N4O2/c1-16-12-19(13-17(2)24(16)31)15-28-26-23(25(27)32)22(29-30-26)14-18-8-10-21(11-9-18)20-6-4-3-5-7-20/h3-13,31H,14-15H2,1-2H3,(H2,27,32)(H2,28,29,30). The Balaban J connectivity index is 1.51. The summed E-state index contributed by atoms with van der Waals surface area (Å²) in [4.78, 5) is 12.2. The molecule has 4 aromatic rings. The Morgan fingerprint density at radius 2 is 1.59 bits per heavy atom. The summed E-state index contributed by atoms with van der Waals surface area (Å²) in [7, 11) is 0. The number of nitrogens with zero attached hydrogens (tertiary/aromatic N) is 1. The summed E-state index contributed by atoms with van der Waals surface area (Å²) in [6, 6.07) is 22.2. The lowest BCUT2D eigenvalue weighted by Crippen LogP contribution is -2.15. The van der Waals surface area contributed by atoms with Crippen LogP contribution >= 0.6 is 0 Å². The predicted octanol–water partition coefficient (Wildman–Crippen LogP) is 4.70. The fourth-order valence-corrected chi connectivity index (χ4v) is 3.88. The number of carbonyl (C=O) groups is 1. The van der Waals surface area contributed by atoms with E-state index in [4.69, 9.17) is 5.73 Å². The molecule has 0 bridgehead atoms. The molecular weight excluding hydrogens is 400 g/mol. The number of aryl methyl sites for hydroxylation is 2. The van der Waals surface area contributed by atoms with Gasteiger partial charge in [0.15, 0.2) is 5.82 Å². The van der Waals surface area contributed by atoms with Crippen LogP contribution in [0.15, 0.2) is 66.7 Å². The van der Waals surface area contributed by atoms with Crippen LogP contribution in [0.25, 0.3) is 11.1 Å². The maximum Gasteiger partial charge on any atom is 0.254 e. The van der Waals surface area contributed by atoms with Crippen molar-refractivity contribution in [2.24, 2.45) is 5.73 Å². The van der Waals surface area contributed by atoms with Gasteiger partial charge in [-0.3, -0.25) is 9.89 Å². The summed E-state index contributed by atoms with van der Waals surface area (Å²) >= 11 is 0. The number of carbonyl (C=O) groups excluding carboxylic acids is 1. The Labute approximate surface area is 187 Å². The van der Waals surface area contributed by atoms with E-state index in [1.165, 1.54) is 0 Å². The molecule has 0 saturated carbocycles. The lowest BCUT2D eigenvalue weighted by atomic mass is 10.0. The number of nitrogens with one attached hydrogen (secondary N) is 2. The first-order chi connectivity index (χ1) is 15.4. The number of phenolic OH excluding ortho intramolecular Hbond substituents is 1. The van der Waals surface area contributed by atoms with E-state index in [9.17, 15) is 9.90 Å². The highest BCUT2D eigenvalue weighted by Crippen LogP contribution is 2.25. The fraction of sp³-hybridized carbons (Fsp3) is 0.154. The third-order valence-electron chi connectivity index (χ3n) is 5.54. The number of H-pyrrole nitrogens is 1. The van der Waals surface area contributed by atoms with Crippen LogP contribution in [0.5, 0.6) is 5.75 Å². The van der Waals surface area contributed by atoms with E-state index in [0.717, 1.165) is 33.4 Å². The quantitative estimate of drug-likeness (QED) is 0.344. The smallest absolute Gasteiger partial charge is 0.254 e. The molecule has 32 heavy (non-hydrogen) atoms. The van der Waals surface area contributed by atoms with Gasteiger partial charge in [0.1, 0.15) is 11.3 Å². The highest BCUT2D eigenvalue weighted by atomic mass is 16.3. The summed E-state index contributed by atoms with van der Waals surface area (Å²) in [5.74, 6) is 0.193. The molecular formula is C26H26N4O2. The molecule has 4 rings (SSSR count). The van der Waals surface area contributed by atoms with Crippen molar-refractivity contribution in [3.05, 3.63) is 100 Å². The van der Waals surface area contributed by atoms with Crippen molar-refractivity contribution in [1.29, 1.82) is 0 Å². The number of aromatic amines is 1. The van der Waals surface area contributed by atoms with Gasteiger partial charge in [0, 0.05) is 13.0 Å². The zero-order valence-electron chi connectivity index (χ0n) is 18.1. The van der Waals surface area contributed by atoms with Crippen LogP contribution in [-0.4, -0.2) is 21.2 Å². The first-order valence-corrected chi connectivity index (χ1v) is 10.5. The Kier molecular flexibility index (Phi) is 5.94. The average Bonchev–Trinajstić information content (AvgIpc) is 3.19. The Hall–Kier alpha value is -4.06. The number of aromatic hydroxyl groups is 1. The van der Waals surface area contributed by atoms with E-state index in [0.29, 0.717) is 35.8 Å². The van der Waals surface area contributed by atoms with Gasteiger partial charge in [-0.25, -0.2) is 0 Å². The van der Waals surface area contributed by atoms with Crippen molar-refractivity contribution in [2.45, 2.75) is 26.8 Å². The molecule has 0 spiro atoms. The minimum Gasteiger partial charge on any atom is -0.507 e. The highest BCUT2D eigenvalue weighted by molar-refractivity contribution is 5.99. The van der Waals surface area contributed by atoms with Crippen molar-refractivity contribution in [2.75, 3.05) is 5.32 Å². The molecule has 0 unspecified atom stereocenters.